The van der Waals surface area contributed by atoms with Crippen molar-refractivity contribution in [1.82, 2.24) is 4.90 Å². The van der Waals surface area contributed by atoms with Crippen LogP contribution >= 0.6 is 11.3 Å². The van der Waals surface area contributed by atoms with Gasteiger partial charge in [0, 0.05) is 14.1 Å². The van der Waals surface area contributed by atoms with Gasteiger partial charge in [0.2, 0.25) is 0 Å². The number of carbonyl (C=O) groups excluding carboxylic acids is 2. The van der Waals surface area contributed by atoms with Gasteiger partial charge in [-0.25, -0.2) is 0 Å². The first-order valence-corrected chi connectivity index (χ1v) is 4.65. The van der Waals surface area contributed by atoms with Gasteiger partial charge in [-0.1, -0.05) is 0 Å². The number of nitrogens with zero attached hydrogens (tertiary/aromatic N) is 1. The quantitative estimate of drug-likeness (QED) is 0.675. The standard InChI is InChI=1S/C9H11NO2S/c1-6-4-7(9(12)10(2)3)13-8(6)5-11/h4-5H,1-3H3. The van der Waals surface area contributed by atoms with Crippen LogP contribution in [0.2, 0.25) is 0 Å². The number of thiophene rings is 1. The summed E-state index contributed by atoms with van der Waals surface area (Å²) >= 11 is 1.24. The molecule has 1 aromatic rings. The fourth-order valence-electron chi connectivity index (χ4n) is 0.939. The summed E-state index contributed by atoms with van der Waals surface area (Å²) in [5, 5.41) is 0. The molecule has 0 unspecified atom stereocenters. The van der Waals surface area contributed by atoms with Gasteiger partial charge in [0.15, 0.2) is 6.29 Å². The first-order chi connectivity index (χ1) is 6.06. The Labute approximate surface area is 81.0 Å². The molecule has 70 valence electrons. The molecule has 0 aliphatic carbocycles. The molecule has 0 spiro atoms. The summed E-state index contributed by atoms with van der Waals surface area (Å²) in [7, 11) is 3.38. The second kappa shape index (κ2) is 3.70. The van der Waals surface area contributed by atoms with Gasteiger partial charge in [-0.15, -0.1) is 11.3 Å². The lowest BCUT2D eigenvalue weighted by molar-refractivity contribution is 0.0832. The summed E-state index contributed by atoms with van der Waals surface area (Å²) in [5.74, 6) is -0.0544. The van der Waals surface area contributed by atoms with E-state index in [1.165, 1.54) is 16.2 Å². The van der Waals surface area contributed by atoms with E-state index in [9.17, 15) is 9.59 Å². The third-order valence-corrected chi connectivity index (χ3v) is 2.83. The minimum Gasteiger partial charge on any atom is -0.344 e. The molecule has 0 radical (unpaired) electrons. The fraction of sp³-hybridized carbons (Fsp3) is 0.333. The lowest BCUT2D eigenvalue weighted by Gasteiger charge is -2.06. The first kappa shape index (κ1) is 9.92. The van der Waals surface area contributed by atoms with Gasteiger partial charge in [-0.3, -0.25) is 9.59 Å². The van der Waals surface area contributed by atoms with Crippen molar-refractivity contribution in [2.24, 2.45) is 0 Å². The summed E-state index contributed by atoms with van der Waals surface area (Å²) in [6.45, 7) is 1.83. The molecule has 0 bridgehead atoms. The molecule has 0 atom stereocenters. The predicted octanol–water partition coefficient (Wildman–Crippen LogP) is 1.57. The van der Waals surface area contributed by atoms with Crippen LogP contribution in [0.1, 0.15) is 24.9 Å². The van der Waals surface area contributed by atoms with E-state index in [2.05, 4.69) is 0 Å². The van der Waals surface area contributed by atoms with Gasteiger partial charge in [-0.05, 0) is 18.6 Å². The monoisotopic (exact) mass is 197 g/mol. The first-order valence-electron chi connectivity index (χ1n) is 3.83. The molecule has 0 aromatic carbocycles. The molecular weight excluding hydrogens is 186 g/mol. The Morgan fingerprint density at radius 1 is 1.54 bits per heavy atom. The maximum atomic E-state index is 11.4. The molecule has 0 aliphatic rings. The average Bonchev–Trinajstić information content (AvgIpc) is 2.45. The lowest BCUT2D eigenvalue weighted by atomic mass is 10.3. The molecule has 3 nitrogen and oxygen atoms in total. The van der Waals surface area contributed by atoms with Gasteiger partial charge in [0.1, 0.15) is 0 Å². The second-order valence-corrected chi connectivity index (χ2v) is 4.06. The molecule has 0 saturated carbocycles. The molecule has 1 aromatic heterocycles. The number of amides is 1. The van der Waals surface area contributed by atoms with Gasteiger partial charge in [0.25, 0.3) is 5.91 Å². The second-order valence-electron chi connectivity index (χ2n) is 2.98. The Hall–Kier alpha value is -1.16. The van der Waals surface area contributed by atoms with E-state index in [0.29, 0.717) is 9.75 Å². The van der Waals surface area contributed by atoms with Crippen LogP contribution in [0.4, 0.5) is 0 Å². The summed E-state index contributed by atoms with van der Waals surface area (Å²) in [4.78, 5) is 24.7. The Balaban J connectivity index is 3.03. The van der Waals surface area contributed by atoms with E-state index in [4.69, 9.17) is 0 Å². The summed E-state index contributed by atoms with van der Waals surface area (Å²) in [6, 6.07) is 1.75. The van der Waals surface area contributed by atoms with Crippen LogP contribution in [0.15, 0.2) is 6.07 Å². The van der Waals surface area contributed by atoms with Crippen LogP contribution in [0.3, 0.4) is 0 Å². The molecule has 13 heavy (non-hydrogen) atoms. The Bertz CT molecular complexity index is 341. The highest BCUT2D eigenvalue weighted by atomic mass is 32.1. The smallest absolute Gasteiger partial charge is 0.263 e. The topological polar surface area (TPSA) is 37.4 Å². The van der Waals surface area contributed by atoms with Crippen molar-refractivity contribution >= 4 is 23.5 Å². The highest BCUT2D eigenvalue weighted by molar-refractivity contribution is 7.15. The molecular formula is C9H11NO2S. The fourth-order valence-corrected chi connectivity index (χ4v) is 1.95. The molecule has 0 fully saturated rings. The Morgan fingerprint density at radius 3 is 2.54 bits per heavy atom. The van der Waals surface area contributed by atoms with Crippen molar-refractivity contribution in [2.75, 3.05) is 14.1 Å². The number of carbonyl (C=O) groups is 2. The van der Waals surface area contributed by atoms with E-state index in [1.54, 1.807) is 20.2 Å². The third kappa shape index (κ3) is 1.95. The minimum atomic E-state index is -0.0544. The van der Waals surface area contributed by atoms with Crippen molar-refractivity contribution in [3.8, 4) is 0 Å². The third-order valence-electron chi connectivity index (χ3n) is 1.68. The van der Waals surface area contributed by atoms with Gasteiger partial charge in [0.05, 0.1) is 9.75 Å². The van der Waals surface area contributed by atoms with Crippen LogP contribution < -0.4 is 0 Å². The van der Waals surface area contributed by atoms with Crippen LogP contribution in [-0.2, 0) is 0 Å². The lowest BCUT2D eigenvalue weighted by Crippen LogP contribution is -2.20. The zero-order valence-electron chi connectivity index (χ0n) is 7.83. The van der Waals surface area contributed by atoms with Crippen molar-refractivity contribution in [3.63, 3.8) is 0 Å². The van der Waals surface area contributed by atoms with Crippen molar-refractivity contribution in [1.29, 1.82) is 0 Å². The number of rotatable bonds is 2. The van der Waals surface area contributed by atoms with Gasteiger partial charge < -0.3 is 4.90 Å². The van der Waals surface area contributed by atoms with Crippen LogP contribution in [0, 0.1) is 6.92 Å². The minimum absolute atomic E-state index is 0.0544. The van der Waals surface area contributed by atoms with Crippen molar-refractivity contribution in [2.45, 2.75) is 6.92 Å². The van der Waals surface area contributed by atoms with E-state index in [0.717, 1.165) is 11.8 Å². The summed E-state index contributed by atoms with van der Waals surface area (Å²) in [5.41, 5.74) is 0.866. The van der Waals surface area contributed by atoms with E-state index in [-0.39, 0.29) is 5.91 Å². The molecule has 1 heterocycles. The molecule has 4 heteroatoms. The molecule has 0 saturated heterocycles. The number of hydrogen-bond donors (Lipinski definition) is 0. The number of aryl methyl sites for hydroxylation is 1. The average molecular weight is 197 g/mol. The molecule has 0 N–H and O–H groups in total. The van der Waals surface area contributed by atoms with Gasteiger partial charge >= 0.3 is 0 Å². The maximum Gasteiger partial charge on any atom is 0.263 e. The highest BCUT2D eigenvalue weighted by Gasteiger charge is 2.13. The van der Waals surface area contributed by atoms with Crippen molar-refractivity contribution in [3.05, 3.63) is 21.4 Å². The van der Waals surface area contributed by atoms with Crippen LogP contribution in [-0.4, -0.2) is 31.2 Å². The molecule has 0 aliphatic heterocycles. The van der Waals surface area contributed by atoms with E-state index in [1.807, 2.05) is 6.92 Å². The summed E-state index contributed by atoms with van der Waals surface area (Å²) < 4.78 is 0. The largest absolute Gasteiger partial charge is 0.344 e. The van der Waals surface area contributed by atoms with Crippen molar-refractivity contribution < 1.29 is 9.59 Å². The van der Waals surface area contributed by atoms with Crippen LogP contribution in [0.5, 0.6) is 0 Å². The predicted molar refractivity (Wildman–Crippen MR) is 52.5 cm³/mol. The van der Waals surface area contributed by atoms with E-state index < -0.39 is 0 Å². The van der Waals surface area contributed by atoms with Gasteiger partial charge in [-0.2, -0.15) is 0 Å². The van der Waals surface area contributed by atoms with E-state index >= 15 is 0 Å². The van der Waals surface area contributed by atoms with Crippen LogP contribution in [0.25, 0.3) is 0 Å². The Morgan fingerprint density at radius 2 is 2.15 bits per heavy atom. The highest BCUT2D eigenvalue weighted by Crippen LogP contribution is 2.20. The maximum absolute atomic E-state index is 11.4. The molecule has 1 amide bonds. The zero-order valence-corrected chi connectivity index (χ0v) is 8.64. The SMILES string of the molecule is Cc1cc(C(=O)N(C)C)sc1C=O. The molecule has 1 rings (SSSR count). The normalized spacial score (nSPS) is 9.77. The Kier molecular flexibility index (Phi) is 2.83. The number of hydrogen-bond acceptors (Lipinski definition) is 3. The number of aldehydes is 1. The summed E-state index contributed by atoms with van der Waals surface area (Å²) in [6.07, 6.45) is 0.784. The zero-order chi connectivity index (χ0) is 10.0.